The van der Waals surface area contributed by atoms with Crippen molar-refractivity contribution in [2.75, 3.05) is 18.4 Å². The number of benzene rings is 1. The Kier molecular flexibility index (Phi) is 4.40. The molecule has 1 aliphatic heterocycles. The number of nitrogens with zero attached hydrogens (tertiary/aromatic N) is 1. The smallest absolute Gasteiger partial charge is 0.226 e. The molecule has 0 spiro atoms. The van der Waals surface area contributed by atoms with E-state index in [1.807, 2.05) is 23.1 Å². The number of para-hydroxylation sites is 1. The van der Waals surface area contributed by atoms with Gasteiger partial charge >= 0.3 is 0 Å². The first-order valence-corrected chi connectivity index (χ1v) is 6.50. The predicted molar refractivity (Wildman–Crippen MR) is 74.5 cm³/mol. The lowest BCUT2D eigenvalue weighted by Crippen LogP contribution is -2.44. The summed E-state index contributed by atoms with van der Waals surface area (Å²) in [7, 11) is 0. The summed E-state index contributed by atoms with van der Waals surface area (Å²) in [5.41, 5.74) is 1.13. The number of carbonyl (C=O) groups is 1. The summed E-state index contributed by atoms with van der Waals surface area (Å²) in [6, 6.07) is 10.5. The third-order valence-corrected chi connectivity index (χ3v) is 3.24. The highest BCUT2D eigenvalue weighted by Crippen LogP contribution is 2.16. The predicted octanol–water partition coefficient (Wildman–Crippen LogP) is 2.67. The van der Waals surface area contributed by atoms with E-state index in [9.17, 15) is 4.79 Å². The van der Waals surface area contributed by atoms with Gasteiger partial charge in [0.15, 0.2) is 0 Å². The number of amides is 1. The highest BCUT2D eigenvalue weighted by atomic mass is 16.2. The third-order valence-electron chi connectivity index (χ3n) is 3.24. The molecule has 1 heterocycles. The van der Waals surface area contributed by atoms with Crippen molar-refractivity contribution in [2.45, 2.75) is 25.3 Å². The topological polar surface area (TPSA) is 32.3 Å². The molecule has 1 unspecified atom stereocenters. The first kappa shape index (κ1) is 12.7. The second-order valence-corrected chi connectivity index (χ2v) is 4.68. The van der Waals surface area contributed by atoms with Gasteiger partial charge in [0.05, 0.1) is 0 Å². The van der Waals surface area contributed by atoms with Crippen LogP contribution in [0.1, 0.15) is 19.3 Å². The van der Waals surface area contributed by atoms with Crippen LogP contribution in [0.25, 0.3) is 0 Å². The highest BCUT2D eigenvalue weighted by molar-refractivity contribution is 5.77. The monoisotopic (exact) mass is 244 g/mol. The van der Waals surface area contributed by atoms with Crippen LogP contribution in [0.4, 0.5) is 5.69 Å². The molecule has 0 bridgehead atoms. The number of piperidine rings is 1. The molecular weight excluding hydrogens is 224 g/mol. The Morgan fingerprint density at radius 1 is 1.44 bits per heavy atom. The number of nitrogens with one attached hydrogen (secondary N) is 1. The number of hydrogen-bond acceptors (Lipinski definition) is 2. The van der Waals surface area contributed by atoms with Crippen molar-refractivity contribution in [2.24, 2.45) is 0 Å². The van der Waals surface area contributed by atoms with Crippen molar-refractivity contribution in [3.05, 3.63) is 43.0 Å². The summed E-state index contributed by atoms with van der Waals surface area (Å²) in [6.45, 7) is 5.29. The molecule has 1 aromatic carbocycles. The lowest BCUT2D eigenvalue weighted by Gasteiger charge is -2.33. The largest absolute Gasteiger partial charge is 0.381 e. The molecule has 1 N–H and O–H groups in total. The van der Waals surface area contributed by atoms with Gasteiger partial charge in [-0.3, -0.25) is 4.79 Å². The standard InChI is InChI=1S/C15H20N2O/c1-2-7-15(18)17-11-6-10-14(12-17)16-13-8-4-3-5-9-13/h2-5,8-9,14,16H,1,6-7,10-12H2. The van der Waals surface area contributed by atoms with E-state index in [4.69, 9.17) is 0 Å². The Balaban J connectivity index is 1.90. The number of hydrogen-bond donors (Lipinski definition) is 1. The fourth-order valence-electron chi connectivity index (χ4n) is 2.34. The molecule has 1 saturated heterocycles. The highest BCUT2D eigenvalue weighted by Gasteiger charge is 2.22. The van der Waals surface area contributed by atoms with Crippen LogP contribution in [-0.4, -0.2) is 29.9 Å². The molecule has 96 valence electrons. The van der Waals surface area contributed by atoms with Crippen molar-refractivity contribution in [3.8, 4) is 0 Å². The Labute approximate surface area is 108 Å². The van der Waals surface area contributed by atoms with E-state index in [-0.39, 0.29) is 5.91 Å². The zero-order valence-electron chi connectivity index (χ0n) is 10.6. The summed E-state index contributed by atoms with van der Waals surface area (Å²) < 4.78 is 0. The van der Waals surface area contributed by atoms with Crippen LogP contribution in [0.5, 0.6) is 0 Å². The Morgan fingerprint density at radius 3 is 2.94 bits per heavy atom. The second-order valence-electron chi connectivity index (χ2n) is 4.68. The van der Waals surface area contributed by atoms with Gasteiger partial charge in [0.1, 0.15) is 0 Å². The van der Waals surface area contributed by atoms with Crippen LogP contribution in [0, 0.1) is 0 Å². The normalized spacial score (nSPS) is 19.3. The van der Waals surface area contributed by atoms with Gasteiger partial charge in [-0.25, -0.2) is 0 Å². The molecule has 1 fully saturated rings. The van der Waals surface area contributed by atoms with E-state index < -0.39 is 0 Å². The van der Waals surface area contributed by atoms with E-state index in [2.05, 4.69) is 24.0 Å². The second kappa shape index (κ2) is 6.24. The molecule has 3 heteroatoms. The molecule has 0 radical (unpaired) electrons. The minimum absolute atomic E-state index is 0.185. The minimum Gasteiger partial charge on any atom is -0.381 e. The van der Waals surface area contributed by atoms with Gasteiger partial charge in [0.25, 0.3) is 0 Å². The van der Waals surface area contributed by atoms with E-state index in [0.29, 0.717) is 12.5 Å². The van der Waals surface area contributed by atoms with Crippen molar-refractivity contribution < 1.29 is 4.79 Å². The van der Waals surface area contributed by atoms with Crippen LogP contribution >= 0.6 is 0 Å². The van der Waals surface area contributed by atoms with Crippen molar-refractivity contribution in [1.29, 1.82) is 0 Å². The molecule has 1 aliphatic rings. The molecule has 0 aliphatic carbocycles. The van der Waals surface area contributed by atoms with Gasteiger partial charge in [-0.05, 0) is 25.0 Å². The van der Waals surface area contributed by atoms with E-state index in [1.54, 1.807) is 6.08 Å². The van der Waals surface area contributed by atoms with Crippen LogP contribution < -0.4 is 5.32 Å². The number of likely N-dealkylation sites (tertiary alicyclic amines) is 1. The number of carbonyl (C=O) groups excluding carboxylic acids is 1. The van der Waals surface area contributed by atoms with Crippen molar-refractivity contribution in [1.82, 2.24) is 4.90 Å². The van der Waals surface area contributed by atoms with Gasteiger partial charge in [-0.2, -0.15) is 0 Å². The van der Waals surface area contributed by atoms with Crippen LogP contribution in [-0.2, 0) is 4.79 Å². The van der Waals surface area contributed by atoms with Crippen molar-refractivity contribution in [3.63, 3.8) is 0 Å². The van der Waals surface area contributed by atoms with Crippen LogP contribution in [0.3, 0.4) is 0 Å². The van der Waals surface area contributed by atoms with Crippen LogP contribution in [0.2, 0.25) is 0 Å². The summed E-state index contributed by atoms with van der Waals surface area (Å²) in [5.74, 6) is 0.185. The molecule has 1 aromatic rings. The minimum atomic E-state index is 0.185. The zero-order valence-corrected chi connectivity index (χ0v) is 10.6. The third kappa shape index (κ3) is 3.36. The van der Waals surface area contributed by atoms with E-state index in [0.717, 1.165) is 31.6 Å². The molecule has 0 aromatic heterocycles. The van der Waals surface area contributed by atoms with Gasteiger partial charge < -0.3 is 10.2 Å². The van der Waals surface area contributed by atoms with Crippen molar-refractivity contribution >= 4 is 11.6 Å². The molecular formula is C15H20N2O. The molecule has 1 amide bonds. The summed E-state index contributed by atoms with van der Waals surface area (Å²) >= 11 is 0. The lowest BCUT2D eigenvalue weighted by atomic mass is 10.0. The maximum Gasteiger partial charge on any atom is 0.226 e. The number of anilines is 1. The lowest BCUT2D eigenvalue weighted by molar-refractivity contribution is -0.131. The van der Waals surface area contributed by atoms with E-state index in [1.165, 1.54) is 0 Å². The number of rotatable bonds is 4. The zero-order chi connectivity index (χ0) is 12.8. The molecule has 0 saturated carbocycles. The Bertz CT molecular complexity index is 402. The fourth-order valence-corrected chi connectivity index (χ4v) is 2.34. The molecule has 1 atom stereocenters. The van der Waals surface area contributed by atoms with Gasteiger partial charge in [0, 0.05) is 31.2 Å². The molecule has 18 heavy (non-hydrogen) atoms. The van der Waals surface area contributed by atoms with Gasteiger partial charge in [-0.15, -0.1) is 6.58 Å². The average Bonchev–Trinajstić information content (AvgIpc) is 2.40. The maximum absolute atomic E-state index is 11.8. The first-order valence-electron chi connectivity index (χ1n) is 6.50. The molecule has 2 rings (SSSR count). The van der Waals surface area contributed by atoms with Crippen LogP contribution in [0.15, 0.2) is 43.0 Å². The fraction of sp³-hybridized carbons (Fsp3) is 0.400. The summed E-state index contributed by atoms with van der Waals surface area (Å²) in [6.07, 6.45) is 4.30. The summed E-state index contributed by atoms with van der Waals surface area (Å²) in [5, 5.41) is 3.49. The SMILES string of the molecule is C=CCC(=O)N1CCCC(Nc2ccccc2)C1. The van der Waals surface area contributed by atoms with Gasteiger partial charge in [-0.1, -0.05) is 24.3 Å². The van der Waals surface area contributed by atoms with Gasteiger partial charge in [0.2, 0.25) is 5.91 Å². The summed E-state index contributed by atoms with van der Waals surface area (Å²) in [4.78, 5) is 13.8. The Morgan fingerprint density at radius 2 is 2.22 bits per heavy atom. The average molecular weight is 244 g/mol. The maximum atomic E-state index is 11.8. The Hall–Kier alpha value is -1.77. The molecule has 3 nitrogen and oxygen atoms in total. The van der Waals surface area contributed by atoms with E-state index >= 15 is 0 Å². The quantitative estimate of drug-likeness (QED) is 0.826. The first-order chi connectivity index (χ1) is 8.79.